The van der Waals surface area contributed by atoms with Crippen LogP contribution in [0.3, 0.4) is 0 Å². The van der Waals surface area contributed by atoms with E-state index in [2.05, 4.69) is 0 Å². The largest absolute Gasteiger partial charge is 0.495 e. The molecular formula is C19H16O3S. The van der Waals surface area contributed by atoms with Crippen LogP contribution in [0.5, 0.6) is 11.5 Å². The Balaban J connectivity index is 2.17. The summed E-state index contributed by atoms with van der Waals surface area (Å²) in [6.07, 6.45) is 3.97. The van der Waals surface area contributed by atoms with Gasteiger partial charge in [0.25, 0.3) is 0 Å². The Hall–Kier alpha value is -2.33. The maximum Gasteiger partial charge on any atom is 0.199 e. The first-order chi connectivity index (χ1) is 11.0. The number of rotatable bonds is 1. The highest BCUT2D eigenvalue weighted by atomic mass is 32.1. The average Bonchev–Trinajstić information content (AvgIpc) is 2.52. The summed E-state index contributed by atoms with van der Waals surface area (Å²) in [6, 6.07) is 9.62. The van der Waals surface area contributed by atoms with Crippen molar-refractivity contribution in [3.8, 4) is 11.5 Å². The van der Waals surface area contributed by atoms with E-state index < -0.39 is 0 Å². The van der Waals surface area contributed by atoms with E-state index in [1.807, 2.05) is 56.3 Å². The molecule has 0 spiro atoms. The fourth-order valence-electron chi connectivity index (χ4n) is 2.98. The molecule has 0 fully saturated rings. The summed E-state index contributed by atoms with van der Waals surface area (Å²) >= 11 is 1.58. The third kappa shape index (κ3) is 2.13. The lowest BCUT2D eigenvalue weighted by molar-refractivity contribution is 0.158. The van der Waals surface area contributed by atoms with Crippen LogP contribution in [-0.4, -0.2) is 12.7 Å². The normalized spacial score (nSPS) is 15.4. The molecule has 23 heavy (non-hydrogen) atoms. The van der Waals surface area contributed by atoms with Crippen LogP contribution in [-0.2, 0) is 0 Å². The van der Waals surface area contributed by atoms with E-state index in [4.69, 9.17) is 9.47 Å². The molecule has 2 aromatic carbocycles. The smallest absolute Gasteiger partial charge is 0.199 e. The predicted molar refractivity (Wildman–Crippen MR) is 95.9 cm³/mol. The maximum atomic E-state index is 12.9. The minimum absolute atomic E-state index is 0.00670. The van der Waals surface area contributed by atoms with Gasteiger partial charge in [0, 0.05) is 14.8 Å². The van der Waals surface area contributed by atoms with Crippen LogP contribution in [0.2, 0.25) is 0 Å². The lowest BCUT2D eigenvalue weighted by Crippen LogP contribution is -2.27. The highest BCUT2D eigenvalue weighted by Gasteiger charge is 2.26. The molecule has 4 rings (SSSR count). The Morgan fingerprint density at radius 1 is 1.17 bits per heavy atom. The number of hydrogen-bond donors (Lipinski definition) is 0. The molecule has 0 radical (unpaired) electrons. The molecule has 1 aliphatic rings. The summed E-state index contributed by atoms with van der Waals surface area (Å²) in [7, 11) is 1.60. The third-order valence-corrected chi connectivity index (χ3v) is 5.17. The molecule has 0 N–H and O–H groups in total. The summed E-state index contributed by atoms with van der Waals surface area (Å²) in [6.45, 7) is 4.01. The Labute approximate surface area is 137 Å². The first-order valence-electron chi connectivity index (χ1n) is 7.45. The van der Waals surface area contributed by atoms with Gasteiger partial charge < -0.3 is 9.47 Å². The van der Waals surface area contributed by atoms with Crippen molar-refractivity contribution in [3.63, 3.8) is 0 Å². The first-order valence-corrected chi connectivity index (χ1v) is 8.26. The lowest BCUT2D eigenvalue weighted by atomic mass is 10.00. The van der Waals surface area contributed by atoms with Crippen molar-refractivity contribution < 1.29 is 9.47 Å². The highest BCUT2D eigenvalue weighted by molar-refractivity contribution is 7.24. The minimum Gasteiger partial charge on any atom is -0.495 e. The van der Waals surface area contributed by atoms with E-state index in [0.717, 1.165) is 26.1 Å². The molecule has 0 saturated carbocycles. The molecular weight excluding hydrogens is 308 g/mol. The summed E-state index contributed by atoms with van der Waals surface area (Å²) in [4.78, 5) is 12.9. The zero-order valence-corrected chi connectivity index (χ0v) is 14.0. The van der Waals surface area contributed by atoms with Gasteiger partial charge in [-0.25, -0.2) is 0 Å². The number of hydrogen-bond acceptors (Lipinski definition) is 4. The molecule has 1 aliphatic heterocycles. The van der Waals surface area contributed by atoms with Gasteiger partial charge in [0.05, 0.1) is 18.1 Å². The van der Waals surface area contributed by atoms with Crippen molar-refractivity contribution in [2.24, 2.45) is 0 Å². The van der Waals surface area contributed by atoms with Gasteiger partial charge in [-0.15, -0.1) is 11.3 Å². The fourth-order valence-corrected chi connectivity index (χ4v) is 4.08. The minimum atomic E-state index is -0.368. The van der Waals surface area contributed by atoms with Gasteiger partial charge in [0.2, 0.25) is 0 Å². The monoisotopic (exact) mass is 324 g/mol. The number of benzene rings is 2. The van der Waals surface area contributed by atoms with Gasteiger partial charge in [0.15, 0.2) is 5.43 Å². The molecule has 0 bridgehead atoms. The standard InChI is InChI=1S/C19H16O3S/c1-19(2)9-8-11-13(22-19)10-15-16(18(11)21-3)17(20)12-6-4-5-7-14(12)23-15/h4-10H,1-3H3. The first kappa shape index (κ1) is 14.3. The van der Waals surface area contributed by atoms with Crippen molar-refractivity contribution in [1.29, 1.82) is 0 Å². The molecule has 2 heterocycles. The molecule has 0 amide bonds. The van der Waals surface area contributed by atoms with Crippen LogP contribution < -0.4 is 14.9 Å². The molecule has 0 atom stereocenters. The van der Waals surface area contributed by atoms with Crippen LogP contribution in [0.4, 0.5) is 0 Å². The van der Waals surface area contributed by atoms with E-state index in [0.29, 0.717) is 11.1 Å². The van der Waals surface area contributed by atoms with E-state index in [9.17, 15) is 4.79 Å². The zero-order valence-electron chi connectivity index (χ0n) is 13.2. The van der Waals surface area contributed by atoms with Gasteiger partial charge in [-0.1, -0.05) is 12.1 Å². The molecule has 116 valence electrons. The van der Waals surface area contributed by atoms with Crippen molar-refractivity contribution in [2.75, 3.05) is 7.11 Å². The van der Waals surface area contributed by atoms with Gasteiger partial charge in [-0.3, -0.25) is 4.79 Å². The van der Waals surface area contributed by atoms with Gasteiger partial charge >= 0.3 is 0 Å². The second-order valence-corrected chi connectivity index (χ2v) is 7.24. The number of fused-ring (bicyclic) bond motifs is 3. The molecule has 3 aromatic rings. The molecule has 0 saturated heterocycles. The van der Waals surface area contributed by atoms with Crippen LogP contribution in [0.25, 0.3) is 26.2 Å². The van der Waals surface area contributed by atoms with Crippen LogP contribution in [0, 0.1) is 0 Å². The Bertz CT molecular complexity index is 1030. The maximum absolute atomic E-state index is 12.9. The fraction of sp³-hybridized carbons (Fsp3) is 0.211. The van der Waals surface area contributed by atoms with Gasteiger partial charge in [-0.05, 0) is 44.2 Å². The summed E-state index contributed by atoms with van der Waals surface area (Å²) in [5, 5.41) is 1.35. The summed E-state index contributed by atoms with van der Waals surface area (Å²) in [5.41, 5.74) is 0.471. The van der Waals surface area contributed by atoms with E-state index in [1.54, 1.807) is 18.4 Å². The third-order valence-electron chi connectivity index (χ3n) is 4.05. The highest BCUT2D eigenvalue weighted by Crippen LogP contribution is 2.43. The topological polar surface area (TPSA) is 35.5 Å². The average molecular weight is 324 g/mol. The van der Waals surface area contributed by atoms with E-state index >= 15 is 0 Å². The predicted octanol–water partition coefficient (Wildman–Crippen LogP) is 4.61. The molecule has 4 heteroatoms. The van der Waals surface area contributed by atoms with Crippen molar-refractivity contribution in [2.45, 2.75) is 19.4 Å². The van der Waals surface area contributed by atoms with Gasteiger partial charge in [-0.2, -0.15) is 0 Å². The Kier molecular flexibility index (Phi) is 3.00. The molecule has 3 nitrogen and oxygen atoms in total. The van der Waals surface area contributed by atoms with Crippen LogP contribution in [0.15, 0.2) is 41.2 Å². The van der Waals surface area contributed by atoms with Gasteiger partial charge in [0.1, 0.15) is 17.1 Å². The SMILES string of the molecule is COc1c2c(cc3sc4ccccc4c(=O)c13)OC(C)(C)C=C2. The Morgan fingerprint density at radius 3 is 2.74 bits per heavy atom. The number of methoxy groups -OCH3 is 1. The van der Waals surface area contributed by atoms with E-state index in [1.165, 1.54) is 0 Å². The van der Waals surface area contributed by atoms with Crippen molar-refractivity contribution in [3.05, 3.63) is 52.2 Å². The van der Waals surface area contributed by atoms with Crippen LogP contribution >= 0.6 is 11.3 Å². The molecule has 1 aromatic heterocycles. The Morgan fingerprint density at radius 2 is 1.96 bits per heavy atom. The van der Waals surface area contributed by atoms with E-state index in [-0.39, 0.29) is 11.0 Å². The summed E-state index contributed by atoms with van der Waals surface area (Å²) < 4.78 is 13.5. The van der Waals surface area contributed by atoms with Crippen molar-refractivity contribution in [1.82, 2.24) is 0 Å². The number of ether oxygens (including phenoxy) is 2. The lowest BCUT2D eigenvalue weighted by Gasteiger charge is -2.29. The second-order valence-electron chi connectivity index (χ2n) is 6.16. The second kappa shape index (κ2) is 4.83. The van der Waals surface area contributed by atoms with Crippen LogP contribution in [0.1, 0.15) is 19.4 Å². The molecule has 0 unspecified atom stereocenters. The molecule has 0 aliphatic carbocycles. The summed E-state index contributed by atoms with van der Waals surface area (Å²) in [5.74, 6) is 1.35. The quantitative estimate of drug-likeness (QED) is 0.613. The zero-order chi connectivity index (χ0) is 16.2. The van der Waals surface area contributed by atoms with Crippen molar-refractivity contribution >= 4 is 37.6 Å².